The predicted octanol–water partition coefficient (Wildman–Crippen LogP) is 4.09. The van der Waals surface area contributed by atoms with Crippen molar-refractivity contribution >= 4 is 33.6 Å². The van der Waals surface area contributed by atoms with E-state index in [-0.39, 0.29) is 10.0 Å². The van der Waals surface area contributed by atoms with Crippen molar-refractivity contribution in [3.05, 3.63) is 33.8 Å². The van der Waals surface area contributed by atoms with Crippen LogP contribution in [0.3, 0.4) is 0 Å². The van der Waals surface area contributed by atoms with Crippen LogP contribution < -0.4 is 5.32 Å². The van der Waals surface area contributed by atoms with Crippen LogP contribution in [-0.2, 0) is 6.18 Å². The van der Waals surface area contributed by atoms with Crippen molar-refractivity contribution in [2.45, 2.75) is 24.3 Å². The van der Waals surface area contributed by atoms with E-state index in [0.717, 1.165) is 24.7 Å². The van der Waals surface area contributed by atoms with Crippen LogP contribution in [0.2, 0.25) is 0 Å². The number of amides is 1. The molecule has 1 unspecified atom stereocenters. The lowest BCUT2D eigenvalue weighted by molar-refractivity contribution is -0.138. The summed E-state index contributed by atoms with van der Waals surface area (Å²) in [6.07, 6.45) is -2.31. The summed E-state index contributed by atoms with van der Waals surface area (Å²) in [5.41, 5.74) is -0.802. The molecule has 0 bridgehead atoms. The Balaban J connectivity index is 2.06. The number of carbonyl (C=O) groups is 1. The predicted molar refractivity (Wildman–Crippen MR) is 77.0 cm³/mol. The Bertz CT molecular complexity index is 501. The molecule has 1 amide bonds. The summed E-state index contributed by atoms with van der Waals surface area (Å²) in [7, 11) is 0. The Morgan fingerprint density at radius 3 is 2.80 bits per heavy atom. The topological polar surface area (TPSA) is 29.1 Å². The Labute approximate surface area is 127 Å². The number of halogens is 4. The molecule has 20 heavy (non-hydrogen) atoms. The fourth-order valence-corrected chi connectivity index (χ4v) is 3.67. The van der Waals surface area contributed by atoms with Gasteiger partial charge in [-0.2, -0.15) is 24.9 Å². The number of hydrogen-bond acceptors (Lipinski definition) is 2. The molecule has 110 valence electrons. The molecule has 1 aromatic carbocycles. The van der Waals surface area contributed by atoms with Crippen molar-refractivity contribution in [1.29, 1.82) is 0 Å². The van der Waals surface area contributed by atoms with Crippen LogP contribution in [0.25, 0.3) is 0 Å². The second kappa shape index (κ2) is 6.39. The zero-order chi connectivity index (χ0) is 14.8. The molecule has 0 radical (unpaired) electrons. The molecule has 1 aliphatic rings. The van der Waals surface area contributed by atoms with Crippen LogP contribution in [-0.4, -0.2) is 23.5 Å². The van der Waals surface area contributed by atoms with Gasteiger partial charge in [0.1, 0.15) is 0 Å². The highest BCUT2D eigenvalue weighted by Gasteiger charge is 2.33. The number of benzene rings is 1. The molecule has 1 saturated heterocycles. The monoisotopic (exact) mass is 367 g/mol. The summed E-state index contributed by atoms with van der Waals surface area (Å²) < 4.78 is 38.2. The quantitative estimate of drug-likeness (QED) is 0.871. The molecular formula is C13H13BrF3NOS. The molecule has 1 heterocycles. The van der Waals surface area contributed by atoms with E-state index in [1.165, 1.54) is 12.1 Å². The summed E-state index contributed by atoms with van der Waals surface area (Å²) >= 11 is 4.64. The minimum atomic E-state index is -4.48. The molecule has 1 aromatic rings. The summed E-state index contributed by atoms with van der Waals surface area (Å²) in [5, 5.41) is 3.07. The van der Waals surface area contributed by atoms with Gasteiger partial charge in [-0.05, 0) is 36.8 Å². The molecule has 0 aromatic heterocycles. The maximum atomic E-state index is 12.8. The smallest absolute Gasteiger partial charge is 0.351 e. The number of hydrogen-bond donors (Lipinski definition) is 1. The molecule has 1 aliphatic heterocycles. The zero-order valence-corrected chi connectivity index (χ0v) is 12.9. The van der Waals surface area contributed by atoms with E-state index in [2.05, 4.69) is 21.2 Å². The van der Waals surface area contributed by atoms with E-state index in [1.807, 2.05) is 0 Å². The van der Waals surface area contributed by atoms with E-state index in [0.29, 0.717) is 11.8 Å². The fraction of sp³-hybridized carbons (Fsp3) is 0.462. The average molecular weight is 368 g/mol. The first-order valence-electron chi connectivity index (χ1n) is 6.14. The van der Waals surface area contributed by atoms with Crippen LogP contribution in [0.1, 0.15) is 28.8 Å². The first-order chi connectivity index (χ1) is 9.38. The summed E-state index contributed by atoms with van der Waals surface area (Å²) in [6, 6.07) is 3.51. The van der Waals surface area contributed by atoms with E-state index < -0.39 is 17.6 Å². The van der Waals surface area contributed by atoms with Crippen LogP contribution in [0.15, 0.2) is 22.7 Å². The average Bonchev–Trinajstić information content (AvgIpc) is 2.88. The van der Waals surface area contributed by atoms with E-state index in [9.17, 15) is 18.0 Å². The van der Waals surface area contributed by atoms with Gasteiger partial charge in [0, 0.05) is 21.8 Å². The Kier molecular flexibility index (Phi) is 5.01. The van der Waals surface area contributed by atoms with Crippen molar-refractivity contribution in [3.8, 4) is 0 Å². The van der Waals surface area contributed by atoms with Crippen LogP contribution >= 0.6 is 27.7 Å². The van der Waals surface area contributed by atoms with Gasteiger partial charge < -0.3 is 5.32 Å². The third kappa shape index (κ3) is 3.91. The summed E-state index contributed by atoms with van der Waals surface area (Å²) in [6.45, 7) is 0.501. The largest absolute Gasteiger partial charge is 0.417 e. The zero-order valence-electron chi connectivity index (χ0n) is 10.5. The van der Waals surface area contributed by atoms with Crippen LogP contribution in [0, 0.1) is 0 Å². The molecule has 1 atom stereocenters. The van der Waals surface area contributed by atoms with E-state index >= 15 is 0 Å². The van der Waals surface area contributed by atoms with Gasteiger partial charge in [-0.15, -0.1) is 0 Å². The molecule has 1 N–H and O–H groups in total. The minimum absolute atomic E-state index is 0.0310. The SMILES string of the molecule is O=C(NCC1CCCS1)c1ccc(Br)c(C(F)(F)F)c1. The summed E-state index contributed by atoms with van der Waals surface area (Å²) in [5.74, 6) is 0.618. The van der Waals surface area contributed by atoms with Crippen LogP contribution in [0.4, 0.5) is 13.2 Å². The lowest BCUT2D eigenvalue weighted by atomic mass is 10.1. The van der Waals surface area contributed by atoms with Crippen molar-refractivity contribution in [2.24, 2.45) is 0 Å². The van der Waals surface area contributed by atoms with Crippen molar-refractivity contribution in [2.75, 3.05) is 12.3 Å². The molecule has 0 spiro atoms. The van der Waals surface area contributed by atoms with Gasteiger partial charge in [0.2, 0.25) is 0 Å². The van der Waals surface area contributed by atoms with Gasteiger partial charge in [-0.3, -0.25) is 4.79 Å². The molecule has 1 fully saturated rings. The number of rotatable bonds is 3. The molecule has 0 aliphatic carbocycles. The third-order valence-corrected chi connectivity index (χ3v) is 5.14. The molecule has 0 saturated carbocycles. The first-order valence-corrected chi connectivity index (χ1v) is 7.98. The van der Waals surface area contributed by atoms with Gasteiger partial charge in [-0.1, -0.05) is 15.9 Å². The van der Waals surface area contributed by atoms with Crippen molar-refractivity contribution in [1.82, 2.24) is 5.32 Å². The maximum absolute atomic E-state index is 12.8. The second-order valence-corrected chi connectivity index (χ2v) is 6.80. The van der Waals surface area contributed by atoms with Gasteiger partial charge in [0.05, 0.1) is 5.56 Å². The Morgan fingerprint density at radius 2 is 2.20 bits per heavy atom. The molecule has 2 nitrogen and oxygen atoms in total. The van der Waals surface area contributed by atoms with Gasteiger partial charge in [-0.25, -0.2) is 0 Å². The lowest BCUT2D eigenvalue weighted by Gasteiger charge is -2.13. The Morgan fingerprint density at radius 1 is 1.45 bits per heavy atom. The fourth-order valence-electron chi connectivity index (χ4n) is 2.00. The van der Waals surface area contributed by atoms with Gasteiger partial charge >= 0.3 is 6.18 Å². The first kappa shape index (κ1) is 15.7. The molecule has 2 rings (SSSR count). The standard InChI is InChI=1S/C13H13BrF3NOS/c14-11-4-3-8(6-10(11)13(15,16)17)12(19)18-7-9-2-1-5-20-9/h3-4,6,9H,1-2,5,7H2,(H,18,19). The second-order valence-electron chi connectivity index (χ2n) is 4.54. The van der Waals surface area contributed by atoms with E-state index in [1.54, 1.807) is 11.8 Å². The van der Waals surface area contributed by atoms with Crippen molar-refractivity contribution < 1.29 is 18.0 Å². The summed E-state index contributed by atoms with van der Waals surface area (Å²) in [4.78, 5) is 11.9. The number of carbonyl (C=O) groups excluding carboxylic acids is 1. The number of alkyl halides is 3. The Hall–Kier alpha value is -0.690. The third-order valence-electron chi connectivity index (χ3n) is 3.05. The van der Waals surface area contributed by atoms with Crippen molar-refractivity contribution in [3.63, 3.8) is 0 Å². The highest BCUT2D eigenvalue weighted by molar-refractivity contribution is 9.10. The maximum Gasteiger partial charge on any atom is 0.417 e. The number of thioether (sulfide) groups is 1. The highest BCUT2D eigenvalue weighted by atomic mass is 79.9. The van der Waals surface area contributed by atoms with E-state index in [4.69, 9.17) is 0 Å². The van der Waals surface area contributed by atoms with Crippen LogP contribution in [0.5, 0.6) is 0 Å². The minimum Gasteiger partial charge on any atom is -0.351 e. The highest BCUT2D eigenvalue weighted by Crippen LogP contribution is 2.35. The lowest BCUT2D eigenvalue weighted by Crippen LogP contribution is -2.29. The molecular weight excluding hydrogens is 355 g/mol. The van der Waals surface area contributed by atoms with Gasteiger partial charge in [0.25, 0.3) is 5.91 Å². The molecule has 7 heteroatoms. The normalized spacial score (nSPS) is 19.1. The van der Waals surface area contributed by atoms with Gasteiger partial charge in [0.15, 0.2) is 0 Å². The number of nitrogens with one attached hydrogen (secondary N) is 1.